The number of esters is 1. The summed E-state index contributed by atoms with van der Waals surface area (Å²) in [6.45, 7) is 8.00. The minimum atomic E-state index is -0.547. The first-order valence-corrected chi connectivity index (χ1v) is 11.5. The summed E-state index contributed by atoms with van der Waals surface area (Å²) in [6, 6.07) is 14.1. The lowest BCUT2D eigenvalue weighted by molar-refractivity contribution is -0.145. The van der Waals surface area contributed by atoms with E-state index >= 15 is 0 Å². The minimum Gasteiger partial charge on any atom is -0.469 e. The lowest BCUT2D eigenvalue weighted by Gasteiger charge is -2.40. The lowest BCUT2D eigenvalue weighted by Crippen LogP contribution is -2.58. The maximum atomic E-state index is 13.0. The highest BCUT2D eigenvalue weighted by atomic mass is 35.5. The quantitative estimate of drug-likeness (QED) is 0.467. The van der Waals surface area contributed by atoms with E-state index in [1.165, 1.54) is 12.0 Å². The van der Waals surface area contributed by atoms with Crippen molar-refractivity contribution in [2.75, 3.05) is 13.7 Å². The molecule has 0 radical (unpaired) electrons. The molecular formula is C25H25ClN6O4. The largest absolute Gasteiger partial charge is 0.469 e. The van der Waals surface area contributed by atoms with Gasteiger partial charge in [0, 0.05) is 24.1 Å². The van der Waals surface area contributed by atoms with Crippen LogP contribution in [0.1, 0.15) is 18.4 Å². The van der Waals surface area contributed by atoms with E-state index < -0.39 is 17.9 Å². The number of aliphatic imine (C=N–C) groups is 1. The molecule has 2 amide bonds. The zero-order valence-corrected chi connectivity index (χ0v) is 20.8. The minimum absolute atomic E-state index is 0.0978. The van der Waals surface area contributed by atoms with Crippen molar-refractivity contribution in [3.8, 4) is 11.4 Å². The third-order valence-corrected chi connectivity index (χ3v) is 5.80. The van der Waals surface area contributed by atoms with Gasteiger partial charge < -0.3 is 9.26 Å². The molecule has 3 aromatic rings. The van der Waals surface area contributed by atoms with Crippen LogP contribution in [-0.4, -0.2) is 51.6 Å². The highest BCUT2D eigenvalue weighted by Gasteiger charge is 2.34. The molecule has 36 heavy (non-hydrogen) atoms. The first-order valence-electron chi connectivity index (χ1n) is 11.1. The highest BCUT2D eigenvalue weighted by Crippen LogP contribution is 2.25. The van der Waals surface area contributed by atoms with E-state index in [2.05, 4.69) is 27.0 Å². The maximum Gasteiger partial charge on any atom is 0.329 e. The fraction of sp³-hybridized carbons (Fsp3) is 0.240. The molecule has 2 heterocycles. The van der Waals surface area contributed by atoms with Gasteiger partial charge in [0.15, 0.2) is 0 Å². The molecule has 186 valence electrons. The summed E-state index contributed by atoms with van der Waals surface area (Å²) in [5.74, 6) is 0.658. The summed E-state index contributed by atoms with van der Waals surface area (Å²) in [5.41, 5.74) is 2.29. The first-order chi connectivity index (χ1) is 17.2. The molecule has 1 saturated heterocycles. The number of guanidine groups is 1. The second-order valence-electron chi connectivity index (χ2n) is 8.21. The van der Waals surface area contributed by atoms with Crippen LogP contribution in [0, 0.1) is 12.8 Å². The van der Waals surface area contributed by atoms with Crippen LogP contribution in [0.3, 0.4) is 0 Å². The van der Waals surface area contributed by atoms with E-state index in [0.29, 0.717) is 40.8 Å². The molecule has 10 nitrogen and oxygen atoms in total. The number of carbonyl (C=O) groups excluding carboxylic acids is 2. The highest BCUT2D eigenvalue weighted by molar-refractivity contribution is 6.30. The van der Waals surface area contributed by atoms with Gasteiger partial charge in [-0.25, -0.2) is 9.79 Å². The van der Waals surface area contributed by atoms with Crippen molar-refractivity contribution in [2.24, 2.45) is 10.9 Å². The monoisotopic (exact) mass is 508 g/mol. The Labute approximate surface area is 213 Å². The molecule has 0 bridgehead atoms. The Morgan fingerprint density at radius 3 is 2.50 bits per heavy atom. The second-order valence-corrected chi connectivity index (χ2v) is 8.65. The molecule has 4 rings (SSSR count). The fourth-order valence-electron chi connectivity index (χ4n) is 3.60. The standard InChI is InChI=1S/C25H25ClN6O4/c1-15(23(33)35-4)13-32-17(3)31(14-18-5-9-20(26)10-6-18)24(29-25(32)34)28-21-11-7-19(8-12-21)22-27-16(2)36-30-22/h5-12,15H,3,13-14H2,1-2,4H3,(H,28,29,34)/t15-/m0/s1. The van der Waals surface area contributed by atoms with Crippen molar-refractivity contribution >= 4 is 35.2 Å². The van der Waals surface area contributed by atoms with Crippen molar-refractivity contribution < 1.29 is 18.8 Å². The molecule has 2 aromatic carbocycles. The van der Waals surface area contributed by atoms with Gasteiger partial charge in [-0.15, -0.1) is 0 Å². The van der Waals surface area contributed by atoms with Crippen molar-refractivity contribution in [1.82, 2.24) is 25.3 Å². The first kappa shape index (κ1) is 24.9. The molecular weight excluding hydrogens is 484 g/mol. The van der Waals surface area contributed by atoms with Crippen LogP contribution in [0.2, 0.25) is 5.02 Å². The number of benzene rings is 2. The van der Waals surface area contributed by atoms with Crippen LogP contribution in [0.5, 0.6) is 0 Å². The molecule has 0 unspecified atom stereocenters. The summed E-state index contributed by atoms with van der Waals surface area (Å²) in [7, 11) is 1.31. The van der Waals surface area contributed by atoms with Gasteiger partial charge in [-0.1, -0.05) is 42.4 Å². The van der Waals surface area contributed by atoms with E-state index in [1.807, 2.05) is 24.3 Å². The maximum absolute atomic E-state index is 13.0. The Morgan fingerprint density at radius 2 is 1.89 bits per heavy atom. The van der Waals surface area contributed by atoms with Gasteiger partial charge in [0.1, 0.15) is 5.82 Å². The predicted molar refractivity (Wildman–Crippen MR) is 134 cm³/mol. The van der Waals surface area contributed by atoms with E-state index in [1.54, 1.807) is 43.0 Å². The number of aromatic nitrogens is 2. The number of hydrogen-bond acceptors (Lipinski definition) is 7. The Morgan fingerprint density at radius 1 is 1.19 bits per heavy atom. The van der Waals surface area contributed by atoms with Gasteiger partial charge in [-0.2, -0.15) is 4.98 Å². The van der Waals surface area contributed by atoms with E-state index in [4.69, 9.17) is 20.9 Å². The van der Waals surface area contributed by atoms with E-state index in [0.717, 1.165) is 11.1 Å². The van der Waals surface area contributed by atoms with Crippen molar-refractivity contribution in [2.45, 2.75) is 20.4 Å². The number of rotatable bonds is 7. The smallest absolute Gasteiger partial charge is 0.329 e. The summed E-state index contributed by atoms with van der Waals surface area (Å²) in [4.78, 5) is 37.0. The van der Waals surface area contributed by atoms with Gasteiger partial charge in [0.2, 0.25) is 17.7 Å². The summed E-state index contributed by atoms with van der Waals surface area (Å²) < 4.78 is 9.85. The number of halogens is 1. The second kappa shape index (κ2) is 10.6. The SMILES string of the molecule is C=C1N(C[C@H](C)C(=O)OC)C(=O)NC(=Nc2ccc(-c3noc(C)n3)cc2)N1Cc1ccc(Cl)cc1. The average Bonchev–Trinajstić information content (AvgIpc) is 3.31. The van der Waals surface area contributed by atoms with Crippen LogP contribution in [-0.2, 0) is 16.1 Å². The Balaban J connectivity index is 1.63. The number of carbonyl (C=O) groups is 2. The number of ether oxygens (including phenoxy) is 1. The number of methoxy groups -OCH3 is 1. The number of amides is 2. The molecule has 1 aliphatic heterocycles. The summed E-state index contributed by atoms with van der Waals surface area (Å²) in [5, 5.41) is 7.36. The van der Waals surface area contributed by atoms with Crippen LogP contribution < -0.4 is 5.32 Å². The topological polar surface area (TPSA) is 113 Å². The van der Waals surface area contributed by atoms with Crippen molar-refractivity contribution in [1.29, 1.82) is 0 Å². The molecule has 0 saturated carbocycles. The fourth-order valence-corrected chi connectivity index (χ4v) is 3.73. The molecule has 0 spiro atoms. The van der Waals surface area contributed by atoms with E-state index in [9.17, 15) is 9.59 Å². The summed E-state index contributed by atoms with van der Waals surface area (Å²) >= 11 is 6.04. The normalized spacial score (nSPS) is 15.7. The molecule has 1 N–H and O–H groups in total. The Hall–Kier alpha value is -4.18. The number of nitrogens with zero attached hydrogens (tertiary/aromatic N) is 5. The number of nitrogens with one attached hydrogen (secondary N) is 1. The van der Waals surface area contributed by atoms with Gasteiger partial charge >= 0.3 is 12.0 Å². The van der Waals surface area contributed by atoms with Crippen LogP contribution in [0.25, 0.3) is 11.4 Å². The third-order valence-electron chi connectivity index (χ3n) is 5.54. The van der Waals surface area contributed by atoms with Gasteiger partial charge in [-0.05, 0) is 42.0 Å². The number of aryl methyl sites for hydroxylation is 1. The van der Waals surface area contributed by atoms with Crippen molar-refractivity contribution in [3.63, 3.8) is 0 Å². The predicted octanol–water partition coefficient (Wildman–Crippen LogP) is 4.49. The van der Waals surface area contributed by atoms with Crippen LogP contribution >= 0.6 is 11.6 Å². The molecule has 0 aliphatic carbocycles. The lowest BCUT2D eigenvalue weighted by atomic mass is 10.1. The van der Waals surface area contributed by atoms with Gasteiger partial charge in [0.25, 0.3) is 0 Å². The molecule has 1 fully saturated rings. The Bertz CT molecular complexity index is 1300. The van der Waals surface area contributed by atoms with Gasteiger partial charge in [-0.3, -0.25) is 19.9 Å². The zero-order valence-electron chi connectivity index (χ0n) is 20.1. The van der Waals surface area contributed by atoms with Crippen molar-refractivity contribution in [3.05, 3.63) is 77.4 Å². The van der Waals surface area contributed by atoms with Gasteiger partial charge in [0.05, 0.1) is 25.3 Å². The van der Waals surface area contributed by atoms with Crippen LogP contribution in [0.15, 0.2) is 70.4 Å². The molecule has 1 aliphatic rings. The Kier molecular flexibility index (Phi) is 7.35. The van der Waals surface area contributed by atoms with Crippen LogP contribution in [0.4, 0.5) is 10.5 Å². The zero-order chi connectivity index (χ0) is 25.8. The molecule has 1 aromatic heterocycles. The third kappa shape index (κ3) is 5.55. The molecule has 11 heteroatoms. The molecule has 1 atom stereocenters. The van der Waals surface area contributed by atoms with E-state index in [-0.39, 0.29) is 6.54 Å². The average molecular weight is 509 g/mol. The summed E-state index contributed by atoms with van der Waals surface area (Å²) in [6.07, 6.45) is 0. The number of urea groups is 1. The number of hydrogen-bond donors (Lipinski definition) is 1.